The van der Waals surface area contributed by atoms with Crippen LogP contribution in [0.25, 0.3) is 78.9 Å². The van der Waals surface area contributed by atoms with Crippen LogP contribution < -0.4 is 0 Å². The van der Waals surface area contributed by atoms with E-state index in [0.717, 1.165) is 61.5 Å². The van der Waals surface area contributed by atoms with Crippen LogP contribution in [0, 0.1) is 13.8 Å². The molecule has 0 atom stereocenters. The molecule has 50 heavy (non-hydrogen) atoms. The lowest BCUT2D eigenvalue weighted by Gasteiger charge is -2.12. The molecule has 4 heteroatoms. The number of nitrogens with zero attached hydrogens (tertiary/aromatic N) is 4. The first-order valence-electron chi connectivity index (χ1n) is 16.8. The van der Waals surface area contributed by atoms with E-state index in [1.165, 1.54) is 11.1 Å². The van der Waals surface area contributed by atoms with Crippen molar-refractivity contribution in [3.63, 3.8) is 0 Å². The highest BCUT2D eigenvalue weighted by Crippen LogP contribution is 2.33. The minimum Gasteiger partial charge on any atom is -0.248 e. The van der Waals surface area contributed by atoms with E-state index >= 15 is 0 Å². The Hall–Kier alpha value is -6.52. The summed E-state index contributed by atoms with van der Waals surface area (Å²) in [6.45, 7) is 4.24. The lowest BCUT2D eigenvalue weighted by atomic mass is 9.96. The van der Waals surface area contributed by atoms with E-state index in [1.54, 1.807) is 0 Å². The van der Waals surface area contributed by atoms with Crippen molar-refractivity contribution in [2.75, 3.05) is 0 Å². The monoisotopic (exact) mass is 642 g/mol. The highest BCUT2D eigenvalue weighted by Gasteiger charge is 2.14. The Kier molecular flexibility index (Phi) is 8.34. The number of hydrogen-bond acceptors (Lipinski definition) is 4. The summed E-state index contributed by atoms with van der Waals surface area (Å²) in [5.41, 5.74) is 13.9. The van der Waals surface area contributed by atoms with Crippen LogP contribution in [0.2, 0.25) is 0 Å². The molecule has 0 saturated heterocycles. The minimum atomic E-state index is 0.639. The second-order valence-electron chi connectivity index (χ2n) is 12.6. The quantitative estimate of drug-likeness (QED) is 0.174. The van der Waals surface area contributed by atoms with E-state index in [2.05, 4.69) is 123 Å². The average Bonchev–Trinajstić information content (AvgIpc) is 3.18. The summed E-state index contributed by atoms with van der Waals surface area (Å²) in [4.78, 5) is 19.8. The average molecular weight is 643 g/mol. The third-order valence-electron chi connectivity index (χ3n) is 8.82. The molecule has 2 aromatic heterocycles. The van der Waals surface area contributed by atoms with Gasteiger partial charge in [0, 0.05) is 27.8 Å². The molecule has 0 amide bonds. The number of benzene rings is 6. The van der Waals surface area contributed by atoms with Crippen molar-refractivity contribution in [1.29, 1.82) is 0 Å². The zero-order valence-corrected chi connectivity index (χ0v) is 28.0. The van der Waals surface area contributed by atoms with Crippen molar-refractivity contribution in [3.05, 3.63) is 181 Å². The maximum Gasteiger partial charge on any atom is 0.164 e. The van der Waals surface area contributed by atoms with Gasteiger partial charge in [0.15, 0.2) is 17.5 Å². The number of pyridine rings is 1. The molecule has 238 valence electrons. The van der Waals surface area contributed by atoms with Crippen molar-refractivity contribution in [2.24, 2.45) is 0 Å². The molecule has 0 unspecified atom stereocenters. The normalized spacial score (nSPS) is 11.0. The van der Waals surface area contributed by atoms with Gasteiger partial charge < -0.3 is 0 Å². The van der Waals surface area contributed by atoms with Gasteiger partial charge in [-0.1, -0.05) is 151 Å². The fourth-order valence-electron chi connectivity index (χ4n) is 6.23. The van der Waals surface area contributed by atoms with Crippen LogP contribution in [0.1, 0.15) is 11.1 Å². The molecule has 0 aliphatic heterocycles. The molecule has 0 spiro atoms. The van der Waals surface area contributed by atoms with Crippen molar-refractivity contribution >= 4 is 0 Å². The topological polar surface area (TPSA) is 51.6 Å². The molecule has 6 aromatic carbocycles. The van der Waals surface area contributed by atoms with Crippen LogP contribution in [0.3, 0.4) is 0 Å². The van der Waals surface area contributed by atoms with Gasteiger partial charge >= 0.3 is 0 Å². The Balaban J connectivity index is 1.16. The fraction of sp³-hybridized carbons (Fsp3) is 0.0435. The van der Waals surface area contributed by atoms with Gasteiger partial charge in [0.05, 0.1) is 11.4 Å². The summed E-state index contributed by atoms with van der Waals surface area (Å²) in [7, 11) is 0. The van der Waals surface area contributed by atoms with Crippen molar-refractivity contribution < 1.29 is 0 Å². The smallest absolute Gasteiger partial charge is 0.164 e. The van der Waals surface area contributed by atoms with Gasteiger partial charge in [0.1, 0.15) is 0 Å². The third kappa shape index (κ3) is 6.60. The molecule has 0 bridgehead atoms. The van der Waals surface area contributed by atoms with E-state index in [1.807, 2.05) is 60.7 Å². The van der Waals surface area contributed by atoms with E-state index in [4.69, 9.17) is 19.9 Å². The number of rotatable bonds is 7. The first-order chi connectivity index (χ1) is 24.6. The zero-order chi connectivity index (χ0) is 33.9. The Morgan fingerprint density at radius 3 is 1.16 bits per heavy atom. The second kappa shape index (κ2) is 13.5. The molecule has 0 saturated carbocycles. The van der Waals surface area contributed by atoms with Crippen molar-refractivity contribution in [3.8, 4) is 78.9 Å². The van der Waals surface area contributed by atoms with Gasteiger partial charge in [0.2, 0.25) is 0 Å². The molecule has 0 radical (unpaired) electrons. The summed E-state index contributed by atoms with van der Waals surface area (Å²) >= 11 is 0. The first-order valence-corrected chi connectivity index (χ1v) is 16.8. The Labute approximate surface area is 292 Å². The molecule has 0 aliphatic rings. The van der Waals surface area contributed by atoms with Crippen LogP contribution in [0.4, 0.5) is 0 Å². The number of aryl methyl sites for hydroxylation is 2. The predicted molar refractivity (Wildman–Crippen MR) is 205 cm³/mol. The van der Waals surface area contributed by atoms with Crippen molar-refractivity contribution in [1.82, 2.24) is 19.9 Å². The highest BCUT2D eigenvalue weighted by atomic mass is 15.0. The van der Waals surface area contributed by atoms with Crippen LogP contribution in [0.15, 0.2) is 170 Å². The van der Waals surface area contributed by atoms with Gasteiger partial charge in [-0.15, -0.1) is 0 Å². The summed E-state index contributed by atoms with van der Waals surface area (Å²) in [6, 6.07) is 58.8. The number of hydrogen-bond donors (Lipinski definition) is 0. The summed E-state index contributed by atoms with van der Waals surface area (Å²) < 4.78 is 0. The Morgan fingerprint density at radius 2 is 0.660 bits per heavy atom. The van der Waals surface area contributed by atoms with Crippen LogP contribution in [0.5, 0.6) is 0 Å². The summed E-state index contributed by atoms with van der Waals surface area (Å²) in [5.74, 6) is 1.94. The molecular weight excluding hydrogens is 609 g/mol. The molecule has 0 fully saturated rings. The maximum atomic E-state index is 5.12. The molecule has 0 aliphatic carbocycles. The molecule has 0 N–H and O–H groups in total. The van der Waals surface area contributed by atoms with Gasteiger partial charge in [-0.05, 0) is 66.4 Å². The standard InChI is InChI=1S/C46H34N4/c1-31-12-9-19-38(26-31)42-29-41(30-43(47-42)39-20-10-13-32(2)27-39)34-24-22-33(23-25-34)37-18-11-21-40(28-37)46-49-44(35-14-5-3-6-15-35)48-45(50-46)36-16-7-4-8-17-36/h3-30H,1-2H3. The van der Waals surface area contributed by atoms with Crippen LogP contribution in [-0.2, 0) is 0 Å². The lowest BCUT2D eigenvalue weighted by molar-refractivity contribution is 1.07. The first kappa shape index (κ1) is 30.8. The van der Waals surface area contributed by atoms with Crippen LogP contribution in [-0.4, -0.2) is 19.9 Å². The Morgan fingerprint density at radius 1 is 0.260 bits per heavy atom. The molecule has 2 heterocycles. The third-order valence-corrected chi connectivity index (χ3v) is 8.82. The van der Waals surface area contributed by atoms with Gasteiger partial charge in [-0.2, -0.15) is 0 Å². The van der Waals surface area contributed by atoms with E-state index in [0.29, 0.717) is 17.5 Å². The minimum absolute atomic E-state index is 0.639. The largest absolute Gasteiger partial charge is 0.248 e. The predicted octanol–water partition coefficient (Wildman–Crippen LogP) is 11.6. The molecule has 8 rings (SSSR count). The highest BCUT2D eigenvalue weighted by molar-refractivity contribution is 5.79. The molecule has 4 nitrogen and oxygen atoms in total. The van der Waals surface area contributed by atoms with Gasteiger partial charge in [-0.25, -0.2) is 19.9 Å². The van der Waals surface area contributed by atoms with Gasteiger partial charge in [0.25, 0.3) is 0 Å². The lowest BCUT2D eigenvalue weighted by Crippen LogP contribution is -2.00. The Bertz CT molecular complexity index is 2310. The summed E-state index contributed by atoms with van der Waals surface area (Å²) in [5, 5.41) is 0. The SMILES string of the molecule is Cc1cccc(-c2cc(-c3ccc(-c4cccc(-c5nc(-c6ccccc6)nc(-c6ccccc6)n5)c4)cc3)cc(-c3cccc(C)c3)n2)c1. The molecular formula is C46H34N4. The molecule has 8 aromatic rings. The number of aromatic nitrogens is 4. The van der Waals surface area contributed by atoms with Crippen LogP contribution >= 0.6 is 0 Å². The second-order valence-corrected chi connectivity index (χ2v) is 12.6. The summed E-state index contributed by atoms with van der Waals surface area (Å²) in [6.07, 6.45) is 0. The zero-order valence-electron chi connectivity index (χ0n) is 28.0. The van der Waals surface area contributed by atoms with Crippen molar-refractivity contribution in [2.45, 2.75) is 13.8 Å². The maximum absolute atomic E-state index is 5.12. The fourth-order valence-corrected chi connectivity index (χ4v) is 6.23. The van der Waals surface area contributed by atoms with E-state index < -0.39 is 0 Å². The van der Waals surface area contributed by atoms with Gasteiger partial charge in [-0.3, -0.25) is 0 Å². The van der Waals surface area contributed by atoms with E-state index in [-0.39, 0.29) is 0 Å². The van der Waals surface area contributed by atoms with E-state index in [9.17, 15) is 0 Å².